The van der Waals surface area contributed by atoms with Crippen LogP contribution in [0.3, 0.4) is 0 Å². The highest BCUT2D eigenvalue weighted by molar-refractivity contribution is 6.08. The van der Waals surface area contributed by atoms with Gasteiger partial charge in [0.2, 0.25) is 0 Å². The van der Waals surface area contributed by atoms with E-state index >= 15 is 0 Å². The van der Waals surface area contributed by atoms with E-state index in [0.29, 0.717) is 12.0 Å². The van der Waals surface area contributed by atoms with Crippen LogP contribution in [0.15, 0.2) is 72.8 Å². The van der Waals surface area contributed by atoms with E-state index in [1.54, 1.807) is 6.07 Å². The summed E-state index contributed by atoms with van der Waals surface area (Å²) in [7, 11) is 0. The fraction of sp³-hybridized carbons (Fsp3) is 0.250. The van der Waals surface area contributed by atoms with Crippen molar-refractivity contribution in [2.75, 3.05) is 0 Å². The summed E-state index contributed by atoms with van der Waals surface area (Å²) in [5, 5.41) is 4.71. The molecule has 0 bridgehead atoms. The molecular formula is C24H25NO3. The summed E-state index contributed by atoms with van der Waals surface area (Å²) in [6, 6.07) is 22.1. The van der Waals surface area contributed by atoms with Crippen LogP contribution in [-0.2, 0) is 16.0 Å². The first kappa shape index (κ1) is 19.6. The normalized spacial score (nSPS) is 12.4. The largest absolute Gasteiger partial charge is 0.458 e. The van der Waals surface area contributed by atoms with Crippen molar-refractivity contribution in [3.63, 3.8) is 0 Å². The highest BCUT2D eigenvalue weighted by Crippen LogP contribution is 2.19. The van der Waals surface area contributed by atoms with Crippen LogP contribution >= 0.6 is 0 Å². The van der Waals surface area contributed by atoms with Crippen LogP contribution in [0, 0.1) is 0 Å². The molecule has 0 radical (unpaired) electrons. The van der Waals surface area contributed by atoms with E-state index in [4.69, 9.17) is 4.74 Å². The van der Waals surface area contributed by atoms with Crippen LogP contribution < -0.4 is 5.32 Å². The van der Waals surface area contributed by atoms with E-state index in [9.17, 15) is 9.59 Å². The number of hydrogen-bond acceptors (Lipinski definition) is 3. The molecule has 3 aromatic carbocycles. The third kappa shape index (κ3) is 4.97. The third-order valence-corrected chi connectivity index (χ3v) is 4.31. The van der Waals surface area contributed by atoms with Gasteiger partial charge in [-0.2, -0.15) is 0 Å². The summed E-state index contributed by atoms with van der Waals surface area (Å²) in [5.41, 5.74) is 0.868. The van der Waals surface area contributed by atoms with E-state index in [-0.39, 0.29) is 5.91 Å². The molecule has 3 aromatic rings. The lowest BCUT2D eigenvalue weighted by atomic mass is 10.0. The van der Waals surface area contributed by atoms with Gasteiger partial charge in [0.15, 0.2) is 0 Å². The number of hydrogen-bond donors (Lipinski definition) is 1. The Balaban J connectivity index is 1.87. The zero-order valence-corrected chi connectivity index (χ0v) is 16.4. The van der Waals surface area contributed by atoms with Gasteiger partial charge in [0.25, 0.3) is 5.91 Å². The van der Waals surface area contributed by atoms with Crippen LogP contribution in [0.5, 0.6) is 0 Å². The molecule has 144 valence electrons. The topological polar surface area (TPSA) is 55.4 Å². The molecule has 4 heteroatoms. The molecule has 1 atom stereocenters. The average Bonchev–Trinajstić information content (AvgIpc) is 2.66. The minimum absolute atomic E-state index is 0.288. The lowest BCUT2D eigenvalue weighted by Gasteiger charge is -2.25. The summed E-state index contributed by atoms with van der Waals surface area (Å²) in [6.07, 6.45) is 0.367. The van der Waals surface area contributed by atoms with Crippen molar-refractivity contribution in [1.29, 1.82) is 0 Å². The molecule has 0 fully saturated rings. The first-order valence-corrected chi connectivity index (χ1v) is 9.39. The van der Waals surface area contributed by atoms with Gasteiger partial charge in [0.1, 0.15) is 11.6 Å². The van der Waals surface area contributed by atoms with E-state index < -0.39 is 17.6 Å². The smallest absolute Gasteiger partial charge is 0.329 e. The van der Waals surface area contributed by atoms with Crippen LogP contribution in [-0.4, -0.2) is 23.5 Å². The average molecular weight is 375 g/mol. The van der Waals surface area contributed by atoms with Crippen molar-refractivity contribution >= 4 is 22.6 Å². The quantitative estimate of drug-likeness (QED) is 0.667. The molecule has 3 rings (SSSR count). The van der Waals surface area contributed by atoms with Gasteiger partial charge in [-0.25, -0.2) is 4.79 Å². The summed E-state index contributed by atoms with van der Waals surface area (Å²) in [4.78, 5) is 25.8. The van der Waals surface area contributed by atoms with Crippen molar-refractivity contribution in [1.82, 2.24) is 5.32 Å². The van der Waals surface area contributed by atoms with Gasteiger partial charge in [0.05, 0.1) is 0 Å². The summed E-state index contributed by atoms with van der Waals surface area (Å²) in [5.74, 6) is -0.728. The second-order valence-electron chi connectivity index (χ2n) is 7.78. The molecule has 0 spiro atoms. The number of benzene rings is 3. The zero-order valence-electron chi connectivity index (χ0n) is 16.4. The van der Waals surface area contributed by atoms with Crippen LogP contribution in [0.2, 0.25) is 0 Å². The Morgan fingerprint density at radius 2 is 1.54 bits per heavy atom. The SMILES string of the molecule is CC(C)(C)OC(=O)[C@H](Cc1ccccc1)NC(=O)c1cccc2ccccc12. The number of ether oxygens (including phenoxy) is 1. The first-order chi connectivity index (χ1) is 13.3. The third-order valence-electron chi connectivity index (χ3n) is 4.31. The second kappa shape index (κ2) is 8.26. The highest BCUT2D eigenvalue weighted by Gasteiger charge is 2.27. The predicted molar refractivity (Wildman–Crippen MR) is 111 cm³/mol. The minimum atomic E-state index is -0.770. The van der Waals surface area contributed by atoms with Gasteiger partial charge >= 0.3 is 5.97 Å². The molecular weight excluding hydrogens is 350 g/mol. The zero-order chi connectivity index (χ0) is 20.1. The second-order valence-corrected chi connectivity index (χ2v) is 7.78. The van der Waals surface area contributed by atoms with Crippen molar-refractivity contribution in [2.45, 2.75) is 38.8 Å². The molecule has 0 aromatic heterocycles. The van der Waals surface area contributed by atoms with Gasteiger partial charge in [-0.3, -0.25) is 4.79 Å². The monoisotopic (exact) mass is 375 g/mol. The van der Waals surface area contributed by atoms with Crippen LogP contribution in [0.1, 0.15) is 36.7 Å². The molecule has 0 unspecified atom stereocenters. The molecule has 0 aliphatic carbocycles. The number of rotatable bonds is 5. The Kier molecular flexibility index (Phi) is 5.78. The van der Waals surface area contributed by atoms with Gasteiger partial charge < -0.3 is 10.1 Å². The molecule has 4 nitrogen and oxygen atoms in total. The first-order valence-electron chi connectivity index (χ1n) is 9.39. The summed E-state index contributed by atoms with van der Waals surface area (Å²) >= 11 is 0. The Bertz CT molecular complexity index is 969. The standard InChI is InChI=1S/C24H25NO3/c1-24(2,3)28-23(27)21(16-17-10-5-4-6-11-17)25-22(26)20-15-9-13-18-12-7-8-14-19(18)20/h4-15,21H,16H2,1-3H3,(H,25,26)/t21-/m0/s1. The maximum atomic E-state index is 13.0. The van der Waals surface area contributed by atoms with Gasteiger partial charge in [-0.05, 0) is 43.2 Å². The molecule has 1 N–H and O–H groups in total. The van der Waals surface area contributed by atoms with E-state index in [1.165, 1.54) is 0 Å². The molecule has 1 amide bonds. The van der Waals surface area contributed by atoms with Crippen molar-refractivity contribution in [2.24, 2.45) is 0 Å². The molecule has 0 aliphatic heterocycles. The van der Waals surface area contributed by atoms with Crippen LogP contribution in [0.25, 0.3) is 10.8 Å². The lowest BCUT2D eigenvalue weighted by Crippen LogP contribution is -2.45. The van der Waals surface area contributed by atoms with Crippen molar-refractivity contribution < 1.29 is 14.3 Å². The molecule has 0 heterocycles. The Morgan fingerprint density at radius 1 is 0.893 bits per heavy atom. The molecule has 0 saturated carbocycles. The number of nitrogens with one attached hydrogen (secondary N) is 1. The maximum absolute atomic E-state index is 13.0. The fourth-order valence-corrected chi connectivity index (χ4v) is 3.08. The Morgan fingerprint density at radius 3 is 2.25 bits per heavy atom. The number of carbonyl (C=O) groups is 2. The number of fused-ring (bicyclic) bond motifs is 1. The van der Waals surface area contributed by atoms with E-state index in [2.05, 4.69) is 5.32 Å². The molecule has 0 aliphatic rings. The van der Waals surface area contributed by atoms with Gasteiger partial charge in [-0.1, -0.05) is 66.7 Å². The molecule has 0 saturated heterocycles. The van der Waals surface area contributed by atoms with Crippen molar-refractivity contribution in [3.05, 3.63) is 83.9 Å². The van der Waals surface area contributed by atoms with E-state index in [0.717, 1.165) is 16.3 Å². The number of carbonyl (C=O) groups excluding carboxylic acids is 2. The van der Waals surface area contributed by atoms with Crippen LogP contribution in [0.4, 0.5) is 0 Å². The summed E-state index contributed by atoms with van der Waals surface area (Å²) in [6.45, 7) is 5.45. The Labute approximate surface area is 165 Å². The minimum Gasteiger partial charge on any atom is -0.458 e. The fourth-order valence-electron chi connectivity index (χ4n) is 3.08. The lowest BCUT2D eigenvalue weighted by molar-refractivity contribution is -0.157. The van der Waals surface area contributed by atoms with Crippen molar-refractivity contribution in [3.8, 4) is 0 Å². The number of amides is 1. The van der Waals surface area contributed by atoms with E-state index in [1.807, 2.05) is 87.5 Å². The maximum Gasteiger partial charge on any atom is 0.329 e. The number of esters is 1. The Hall–Kier alpha value is -3.14. The van der Waals surface area contributed by atoms with Gasteiger partial charge in [-0.15, -0.1) is 0 Å². The van der Waals surface area contributed by atoms with Gasteiger partial charge in [0, 0.05) is 12.0 Å². The predicted octanol–water partition coefficient (Wildman–Crippen LogP) is 4.52. The highest BCUT2D eigenvalue weighted by atomic mass is 16.6. The summed E-state index contributed by atoms with van der Waals surface area (Å²) < 4.78 is 5.54. The molecule has 28 heavy (non-hydrogen) atoms.